The predicted molar refractivity (Wildman–Crippen MR) is 59.1 cm³/mol. The molecule has 0 radical (unpaired) electrons. The second-order valence-corrected chi connectivity index (χ2v) is 4.42. The number of nitrogens with two attached hydrogens (primary N) is 1. The molecule has 1 aromatic rings. The van der Waals surface area contributed by atoms with Crippen LogP contribution in [-0.2, 0) is 11.2 Å². The number of hydrogen-bond acceptors (Lipinski definition) is 5. The molecule has 2 unspecified atom stereocenters. The summed E-state index contributed by atoms with van der Waals surface area (Å²) in [5.41, 5.74) is 5.86. The summed E-state index contributed by atoms with van der Waals surface area (Å²) in [7, 11) is 1.70. The monoisotopic (exact) mass is 225 g/mol. The van der Waals surface area contributed by atoms with Crippen molar-refractivity contribution in [3.05, 3.63) is 11.7 Å². The van der Waals surface area contributed by atoms with Crippen molar-refractivity contribution >= 4 is 0 Å². The topological polar surface area (TPSA) is 74.2 Å². The fourth-order valence-electron chi connectivity index (χ4n) is 2.15. The largest absolute Gasteiger partial charge is 0.385 e. The van der Waals surface area contributed by atoms with Gasteiger partial charge < -0.3 is 15.0 Å². The minimum atomic E-state index is 0.300. The van der Waals surface area contributed by atoms with Crippen molar-refractivity contribution in [1.82, 2.24) is 10.1 Å². The molecular formula is C11H19N3O2. The van der Waals surface area contributed by atoms with Gasteiger partial charge in [-0.3, -0.25) is 0 Å². The van der Waals surface area contributed by atoms with Crippen LogP contribution in [0.25, 0.3) is 0 Å². The third-order valence-electron chi connectivity index (χ3n) is 3.06. The highest BCUT2D eigenvalue weighted by Gasteiger charge is 2.27. The van der Waals surface area contributed by atoms with E-state index >= 15 is 0 Å². The van der Waals surface area contributed by atoms with Crippen molar-refractivity contribution in [2.45, 2.75) is 44.1 Å². The molecule has 16 heavy (non-hydrogen) atoms. The first-order valence-corrected chi connectivity index (χ1v) is 5.86. The number of rotatable bonds is 5. The van der Waals surface area contributed by atoms with Crippen molar-refractivity contribution in [2.75, 3.05) is 13.7 Å². The van der Waals surface area contributed by atoms with Crippen molar-refractivity contribution in [3.63, 3.8) is 0 Å². The summed E-state index contributed by atoms with van der Waals surface area (Å²) in [4.78, 5) is 4.41. The fraction of sp³-hybridized carbons (Fsp3) is 0.818. The SMILES string of the molecule is COCCCc1noc(C2CCC(N)C2)n1. The summed E-state index contributed by atoms with van der Waals surface area (Å²) in [5.74, 6) is 1.92. The van der Waals surface area contributed by atoms with Crippen molar-refractivity contribution in [1.29, 1.82) is 0 Å². The van der Waals surface area contributed by atoms with Gasteiger partial charge in [-0.1, -0.05) is 5.16 Å². The van der Waals surface area contributed by atoms with Crippen LogP contribution in [0.15, 0.2) is 4.52 Å². The third kappa shape index (κ3) is 2.80. The Balaban J connectivity index is 1.87. The number of methoxy groups -OCH3 is 1. The van der Waals surface area contributed by atoms with Gasteiger partial charge >= 0.3 is 0 Å². The van der Waals surface area contributed by atoms with Gasteiger partial charge in [0.25, 0.3) is 0 Å². The summed E-state index contributed by atoms with van der Waals surface area (Å²) in [5, 5.41) is 3.98. The Morgan fingerprint density at radius 2 is 2.38 bits per heavy atom. The maximum atomic E-state index is 5.86. The van der Waals surface area contributed by atoms with Gasteiger partial charge in [0, 0.05) is 32.1 Å². The number of aryl methyl sites for hydroxylation is 1. The second-order valence-electron chi connectivity index (χ2n) is 4.42. The minimum Gasteiger partial charge on any atom is -0.385 e. The zero-order valence-corrected chi connectivity index (χ0v) is 9.69. The fourth-order valence-corrected chi connectivity index (χ4v) is 2.15. The molecule has 2 atom stereocenters. The Bertz CT molecular complexity index is 327. The van der Waals surface area contributed by atoms with E-state index in [1.807, 2.05) is 0 Å². The van der Waals surface area contributed by atoms with Crippen LogP contribution in [-0.4, -0.2) is 29.9 Å². The van der Waals surface area contributed by atoms with Crippen molar-refractivity contribution in [2.24, 2.45) is 5.73 Å². The average Bonchev–Trinajstić information content (AvgIpc) is 2.87. The van der Waals surface area contributed by atoms with E-state index in [9.17, 15) is 0 Å². The number of hydrogen-bond donors (Lipinski definition) is 1. The summed E-state index contributed by atoms with van der Waals surface area (Å²) in [6.07, 6.45) is 4.85. The molecule has 1 aromatic heterocycles. The molecule has 0 bridgehead atoms. The van der Waals surface area contributed by atoms with Gasteiger partial charge in [-0.2, -0.15) is 4.98 Å². The maximum absolute atomic E-state index is 5.86. The highest BCUT2D eigenvalue weighted by atomic mass is 16.5. The predicted octanol–water partition coefficient (Wildman–Crippen LogP) is 1.24. The lowest BCUT2D eigenvalue weighted by molar-refractivity contribution is 0.194. The molecule has 1 aliphatic rings. The van der Waals surface area contributed by atoms with E-state index < -0.39 is 0 Å². The summed E-state index contributed by atoms with van der Waals surface area (Å²) in [6.45, 7) is 0.734. The van der Waals surface area contributed by atoms with Crippen LogP contribution in [0.2, 0.25) is 0 Å². The van der Waals surface area contributed by atoms with E-state index in [0.29, 0.717) is 12.0 Å². The highest BCUT2D eigenvalue weighted by Crippen LogP contribution is 2.32. The Kier molecular flexibility index (Phi) is 3.90. The van der Waals surface area contributed by atoms with Crippen molar-refractivity contribution < 1.29 is 9.26 Å². The molecule has 0 amide bonds. The summed E-state index contributed by atoms with van der Waals surface area (Å²) >= 11 is 0. The molecule has 0 saturated heterocycles. The summed E-state index contributed by atoms with van der Waals surface area (Å²) < 4.78 is 10.3. The van der Waals surface area contributed by atoms with Crippen LogP contribution in [0.5, 0.6) is 0 Å². The van der Waals surface area contributed by atoms with E-state index in [4.69, 9.17) is 15.0 Å². The van der Waals surface area contributed by atoms with Crippen LogP contribution in [0.3, 0.4) is 0 Å². The quantitative estimate of drug-likeness (QED) is 0.763. The van der Waals surface area contributed by atoms with Gasteiger partial charge in [0.15, 0.2) is 5.82 Å². The van der Waals surface area contributed by atoms with E-state index in [1.54, 1.807) is 7.11 Å². The number of ether oxygens (including phenoxy) is 1. The van der Waals surface area contributed by atoms with Crippen LogP contribution in [0.4, 0.5) is 0 Å². The van der Waals surface area contributed by atoms with E-state index in [-0.39, 0.29) is 0 Å². The second kappa shape index (κ2) is 5.41. The molecule has 0 aromatic carbocycles. The van der Waals surface area contributed by atoms with Gasteiger partial charge in [-0.25, -0.2) is 0 Å². The zero-order chi connectivity index (χ0) is 11.4. The summed E-state index contributed by atoms with van der Waals surface area (Å²) in [6, 6.07) is 0.300. The lowest BCUT2D eigenvalue weighted by Gasteiger charge is -2.01. The van der Waals surface area contributed by atoms with Crippen LogP contribution < -0.4 is 5.73 Å². The Labute approximate surface area is 95.3 Å². The van der Waals surface area contributed by atoms with Crippen LogP contribution >= 0.6 is 0 Å². The highest BCUT2D eigenvalue weighted by molar-refractivity contribution is 4.99. The minimum absolute atomic E-state index is 0.300. The number of nitrogens with zero attached hydrogens (tertiary/aromatic N) is 2. The lowest BCUT2D eigenvalue weighted by atomic mass is 10.1. The molecule has 1 fully saturated rings. The Morgan fingerprint density at radius 3 is 3.06 bits per heavy atom. The average molecular weight is 225 g/mol. The van der Waals surface area contributed by atoms with Gasteiger partial charge in [0.2, 0.25) is 5.89 Å². The van der Waals surface area contributed by atoms with E-state index in [2.05, 4.69) is 10.1 Å². The standard InChI is InChI=1S/C11H19N3O2/c1-15-6-2-3-10-13-11(16-14-10)8-4-5-9(12)7-8/h8-9H,2-7,12H2,1H3. The molecule has 5 nitrogen and oxygen atoms in total. The van der Waals surface area contributed by atoms with Gasteiger partial charge in [0.1, 0.15) is 0 Å². The first-order valence-electron chi connectivity index (χ1n) is 5.86. The van der Waals surface area contributed by atoms with E-state index in [1.165, 1.54) is 0 Å². The molecule has 1 aliphatic carbocycles. The van der Waals surface area contributed by atoms with E-state index in [0.717, 1.165) is 50.4 Å². The molecule has 5 heteroatoms. The molecule has 90 valence electrons. The lowest BCUT2D eigenvalue weighted by Crippen LogP contribution is -2.14. The molecule has 0 spiro atoms. The molecular weight excluding hydrogens is 206 g/mol. The smallest absolute Gasteiger partial charge is 0.229 e. The third-order valence-corrected chi connectivity index (χ3v) is 3.06. The first-order chi connectivity index (χ1) is 7.79. The van der Waals surface area contributed by atoms with Gasteiger partial charge in [0.05, 0.1) is 0 Å². The molecule has 1 heterocycles. The Hall–Kier alpha value is -0.940. The van der Waals surface area contributed by atoms with Gasteiger partial charge in [-0.05, 0) is 25.7 Å². The Morgan fingerprint density at radius 1 is 1.50 bits per heavy atom. The normalized spacial score (nSPS) is 25.1. The van der Waals surface area contributed by atoms with Crippen LogP contribution in [0, 0.1) is 0 Å². The first kappa shape index (κ1) is 11.5. The van der Waals surface area contributed by atoms with Crippen LogP contribution in [0.1, 0.15) is 43.3 Å². The number of aromatic nitrogens is 2. The molecule has 1 saturated carbocycles. The molecule has 2 N–H and O–H groups in total. The molecule has 0 aliphatic heterocycles. The van der Waals surface area contributed by atoms with Crippen molar-refractivity contribution in [3.8, 4) is 0 Å². The van der Waals surface area contributed by atoms with Gasteiger partial charge in [-0.15, -0.1) is 0 Å². The zero-order valence-electron chi connectivity index (χ0n) is 9.69. The molecule has 2 rings (SSSR count). The maximum Gasteiger partial charge on any atom is 0.229 e.